The predicted octanol–water partition coefficient (Wildman–Crippen LogP) is 4.21. The molecule has 15 heavy (non-hydrogen) atoms. The highest BCUT2D eigenvalue weighted by Crippen LogP contribution is 2.62. The molecule has 1 nitrogen and oxygen atoms in total. The summed E-state index contributed by atoms with van der Waals surface area (Å²) in [6, 6.07) is 0.396. The summed E-state index contributed by atoms with van der Waals surface area (Å²) in [5.74, 6) is 0. The lowest BCUT2D eigenvalue weighted by Crippen LogP contribution is -2.64. The van der Waals surface area contributed by atoms with Crippen LogP contribution in [0.15, 0.2) is 0 Å². The molecule has 1 fully saturated rings. The number of rotatable bonds is 0. The second kappa shape index (κ2) is 4.45. The lowest BCUT2D eigenvalue weighted by Gasteiger charge is -2.63. The van der Waals surface area contributed by atoms with Crippen molar-refractivity contribution in [2.75, 3.05) is 0 Å². The molecule has 0 bridgehead atoms. The summed E-state index contributed by atoms with van der Waals surface area (Å²) in [6.45, 7) is 18.0. The topological polar surface area (TPSA) is 26.0 Å². The molecule has 0 saturated heterocycles. The average molecular weight is 213 g/mol. The lowest BCUT2D eigenvalue weighted by molar-refractivity contribution is -0.119. The standard InChI is InChI=1S/C12H25N.C2H6/c1-10(2,3)12(11(4,5)6)8-7-9(12)13;1-2/h9H,7-8,13H2,1-6H3;1-2H3. The summed E-state index contributed by atoms with van der Waals surface area (Å²) < 4.78 is 0. The van der Waals surface area contributed by atoms with Crippen molar-refractivity contribution >= 4 is 0 Å². The maximum atomic E-state index is 6.23. The fourth-order valence-electron chi connectivity index (χ4n) is 3.59. The van der Waals surface area contributed by atoms with Crippen molar-refractivity contribution in [3.63, 3.8) is 0 Å². The van der Waals surface area contributed by atoms with Crippen LogP contribution in [0, 0.1) is 16.2 Å². The van der Waals surface area contributed by atoms with Gasteiger partial charge in [-0.1, -0.05) is 55.4 Å². The van der Waals surface area contributed by atoms with Crippen LogP contribution in [-0.2, 0) is 0 Å². The Bertz CT molecular complexity index is 178. The first kappa shape index (κ1) is 15.0. The number of nitrogens with two attached hydrogens (primary N) is 1. The van der Waals surface area contributed by atoms with E-state index < -0.39 is 0 Å². The van der Waals surface area contributed by atoms with Gasteiger partial charge in [0.2, 0.25) is 0 Å². The van der Waals surface area contributed by atoms with Gasteiger partial charge in [-0.25, -0.2) is 0 Å². The zero-order valence-electron chi connectivity index (χ0n) is 12.1. The molecule has 0 radical (unpaired) electrons. The summed E-state index contributed by atoms with van der Waals surface area (Å²) in [7, 11) is 0. The Kier molecular flexibility index (Phi) is 4.44. The van der Waals surface area contributed by atoms with Crippen LogP contribution in [-0.4, -0.2) is 6.04 Å². The molecule has 0 aromatic carbocycles. The molecule has 0 spiro atoms. The fraction of sp³-hybridized carbons (Fsp3) is 1.00. The van der Waals surface area contributed by atoms with E-state index in [1.807, 2.05) is 13.8 Å². The summed E-state index contributed by atoms with van der Waals surface area (Å²) in [4.78, 5) is 0. The van der Waals surface area contributed by atoms with E-state index in [2.05, 4.69) is 41.5 Å². The zero-order valence-corrected chi connectivity index (χ0v) is 12.1. The summed E-state index contributed by atoms with van der Waals surface area (Å²) >= 11 is 0. The minimum Gasteiger partial charge on any atom is -0.327 e. The molecule has 1 rings (SSSR count). The molecule has 1 atom stereocenters. The van der Waals surface area contributed by atoms with E-state index in [0.717, 1.165) is 0 Å². The van der Waals surface area contributed by atoms with Crippen LogP contribution < -0.4 is 5.73 Å². The molecular weight excluding hydrogens is 182 g/mol. The molecule has 1 saturated carbocycles. The van der Waals surface area contributed by atoms with Gasteiger partial charge in [-0.2, -0.15) is 0 Å². The van der Waals surface area contributed by atoms with Gasteiger partial charge in [0.25, 0.3) is 0 Å². The molecule has 1 unspecified atom stereocenters. The lowest BCUT2D eigenvalue weighted by atomic mass is 9.43. The van der Waals surface area contributed by atoms with Gasteiger partial charge < -0.3 is 5.73 Å². The van der Waals surface area contributed by atoms with E-state index >= 15 is 0 Å². The summed E-state index contributed by atoms with van der Waals surface area (Å²) in [5, 5.41) is 0. The average Bonchev–Trinajstić information content (AvgIpc) is 2.00. The Hall–Kier alpha value is -0.0400. The van der Waals surface area contributed by atoms with Crippen LogP contribution in [0.5, 0.6) is 0 Å². The first-order chi connectivity index (χ1) is 6.63. The molecule has 0 heterocycles. The normalized spacial score (nSPS) is 25.0. The van der Waals surface area contributed by atoms with E-state index in [0.29, 0.717) is 22.3 Å². The Morgan fingerprint density at radius 2 is 1.27 bits per heavy atom. The Morgan fingerprint density at radius 1 is 0.933 bits per heavy atom. The van der Waals surface area contributed by atoms with Gasteiger partial charge in [-0.15, -0.1) is 0 Å². The van der Waals surface area contributed by atoms with Crippen LogP contribution in [0.2, 0.25) is 0 Å². The highest BCUT2D eigenvalue weighted by atomic mass is 14.8. The number of hydrogen-bond donors (Lipinski definition) is 1. The van der Waals surface area contributed by atoms with Gasteiger partial charge in [-0.3, -0.25) is 0 Å². The van der Waals surface area contributed by atoms with E-state index in [4.69, 9.17) is 5.73 Å². The van der Waals surface area contributed by atoms with Crippen molar-refractivity contribution in [2.45, 2.75) is 74.3 Å². The molecule has 0 aliphatic heterocycles. The van der Waals surface area contributed by atoms with E-state index in [9.17, 15) is 0 Å². The van der Waals surface area contributed by atoms with Crippen molar-refractivity contribution in [3.05, 3.63) is 0 Å². The van der Waals surface area contributed by atoms with Crippen LogP contribution in [0.4, 0.5) is 0 Å². The Labute approximate surface area is 96.8 Å². The maximum Gasteiger partial charge on any atom is 0.0106 e. The van der Waals surface area contributed by atoms with E-state index in [-0.39, 0.29) is 0 Å². The largest absolute Gasteiger partial charge is 0.327 e. The maximum absolute atomic E-state index is 6.23. The fourth-order valence-corrected chi connectivity index (χ4v) is 3.59. The Balaban J connectivity index is 0.000000921. The summed E-state index contributed by atoms with van der Waals surface area (Å²) in [6.07, 6.45) is 2.50. The van der Waals surface area contributed by atoms with Crippen LogP contribution in [0.1, 0.15) is 68.2 Å². The molecule has 92 valence electrons. The van der Waals surface area contributed by atoms with Gasteiger partial charge in [0, 0.05) is 6.04 Å². The highest BCUT2D eigenvalue weighted by Gasteiger charge is 2.58. The van der Waals surface area contributed by atoms with Gasteiger partial charge in [0.15, 0.2) is 0 Å². The first-order valence-electron chi connectivity index (χ1n) is 6.38. The molecule has 2 N–H and O–H groups in total. The molecule has 0 aromatic rings. The van der Waals surface area contributed by atoms with Gasteiger partial charge in [-0.05, 0) is 29.1 Å². The molecule has 1 aliphatic rings. The third-order valence-electron chi connectivity index (χ3n) is 4.16. The molecule has 0 amide bonds. The second-order valence-corrected chi connectivity index (χ2v) is 6.62. The van der Waals surface area contributed by atoms with Crippen molar-refractivity contribution in [1.82, 2.24) is 0 Å². The molecule has 0 aromatic heterocycles. The zero-order chi connectivity index (χ0) is 12.5. The van der Waals surface area contributed by atoms with E-state index in [1.165, 1.54) is 12.8 Å². The number of hydrogen-bond acceptors (Lipinski definition) is 1. The second-order valence-electron chi connectivity index (χ2n) is 6.62. The third-order valence-corrected chi connectivity index (χ3v) is 4.16. The van der Waals surface area contributed by atoms with Crippen molar-refractivity contribution < 1.29 is 0 Å². The summed E-state index contributed by atoms with van der Waals surface area (Å²) in [5.41, 5.74) is 7.21. The van der Waals surface area contributed by atoms with Gasteiger partial charge in [0.1, 0.15) is 0 Å². The third kappa shape index (κ3) is 2.22. The van der Waals surface area contributed by atoms with Crippen LogP contribution in [0.25, 0.3) is 0 Å². The molecule has 1 heteroatoms. The SMILES string of the molecule is CC.CC(C)(C)C1(C(C)(C)C)CCC1N. The van der Waals surface area contributed by atoms with Crippen LogP contribution >= 0.6 is 0 Å². The minimum atomic E-state index is 0.322. The van der Waals surface area contributed by atoms with E-state index in [1.54, 1.807) is 0 Å². The van der Waals surface area contributed by atoms with Crippen molar-refractivity contribution in [1.29, 1.82) is 0 Å². The minimum absolute atomic E-state index is 0.322. The van der Waals surface area contributed by atoms with Crippen LogP contribution in [0.3, 0.4) is 0 Å². The predicted molar refractivity (Wildman–Crippen MR) is 69.9 cm³/mol. The van der Waals surface area contributed by atoms with Crippen molar-refractivity contribution in [3.8, 4) is 0 Å². The first-order valence-corrected chi connectivity index (χ1v) is 6.38. The molecule has 1 aliphatic carbocycles. The monoisotopic (exact) mass is 213 g/mol. The quantitative estimate of drug-likeness (QED) is 0.641. The Morgan fingerprint density at radius 3 is 1.27 bits per heavy atom. The smallest absolute Gasteiger partial charge is 0.0106 e. The molecular formula is C14H31N. The van der Waals surface area contributed by atoms with Gasteiger partial charge in [0.05, 0.1) is 0 Å². The highest BCUT2D eigenvalue weighted by molar-refractivity contribution is 5.10. The van der Waals surface area contributed by atoms with Crippen molar-refractivity contribution in [2.24, 2.45) is 22.0 Å². The van der Waals surface area contributed by atoms with Gasteiger partial charge >= 0.3 is 0 Å².